The van der Waals surface area contributed by atoms with Crippen LogP contribution in [-0.4, -0.2) is 17.7 Å². The van der Waals surface area contributed by atoms with Crippen molar-refractivity contribution in [3.63, 3.8) is 0 Å². The lowest BCUT2D eigenvalue weighted by Gasteiger charge is -2.18. The second-order valence-electron chi connectivity index (χ2n) is 3.82. The van der Waals surface area contributed by atoms with Crippen molar-refractivity contribution in [2.75, 3.05) is 6.54 Å². The fourth-order valence-corrected chi connectivity index (χ4v) is 1.91. The first kappa shape index (κ1) is 10.5. The average molecular weight is 213 g/mol. The predicted molar refractivity (Wildman–Crippen MR) is 52.3 cm³/mol. The van der Waals surface area contributed by atoms with Gasteiger partial charge in [0.2, 0.25) is 0 Å². The van der Waals surface area contributed by atoms with E-state index in [-0.39, 0.29) is 6.04 Å². The third kappa shape index (κ3) is 2.16. The Morgan fingerprint density at radius 2 is 2.13 bits per heavy atom. The van der Waals surface area contributed by atoms with Crippen molar-refractivity contribution in [1.82, 2.24) is 5.32 Å². The fraction of sp³-hybridized carbons (Fsp3) is 0.455. The molecule has 1 aromatic carbocycles. The number of aliphatic hydroxyl groups excluding tert-OH is 1. The van der Waals surface area contributed by atoms with Gasteiger partial charge in [-0.15, -0.1) is 0 Å². The van der Waals surface area contributed by atoms with Crippen LogP contribution >= 0.6 is 0 Å². The Labute approximate surface area is 86.9 Å². The summed E-state index contributed by atoms with van der Waals surface area (Å²) in [5.74, 6) is -1.80. The molecule has 2 rings (SSSR count). The van der Waals surface area contributed by atoms with Crippen molar-refractivity contribution in [3.05, 3.63) is 35.4 Å². The van der Waals surface area contributed by atoms with E-state index >= 15 is 0 Å². The van der Waals surface area contributed by atoms with E-state index in [1.54, 1.807) is 0 Å². The third-order valence-electron chi connectivity index (χ3n) is 2.76. The second kappa shape index (κ2) is 4.24. The van der Waals surface area contributed by atoms with Crippen molar-refractivity contribution < 1.29 is 13.9 Å². The SMILES string of the molecule is OC(c1ccc(F)c(F)c1)C1CCCN1. The molecule has 2 nitrogen and oxygen atoms in total. The Balaban J connectivity index is 2.17. The first-order valence-electron chi connectivity index (χ1n) is 5.05. The molecule has 2 N–H and O–H groups in total. The standard InChI is InChI=1S/C11H13F2NO/c12-8-4-3-7(6-9(8)13)11(15)10-2-1-5-14-10/h3-4,6,10-11,14-15H,1-2,5H2. The molecular formula is C11H13F2NO. The van der Waals surface area contributed by atoms with Crippen LogP contribution in [0.3, 0.4) is 0 Å². The van der Waals surface area contributed by atoms with Gasteiger partial charge in [-0.3, -0.25) is 0 Å². The molecule has 1 aliphatic rings. The average Bonchev–Trinajstić information content (AvgIpc) is 2.74. The van der Waals surface area contributed by atoms with Crippen LogP contribution in [0.2, 0.25) is 0 Å². The van der Waals surface area contributed by atoms with E-state index in [1.807, 2.05) is 0 Å². The molecule has 1 fully saturated rings. The van der Waals surface area contributed by atoms with Gasteiger partial charge in [-0.2, -0.15) is 0 Å². The minimum Gasteiger partial charge on any atom is -0.387 e. The van der Waals surface area contributed by atoms with Crippen LogP contribution < -0.4 is 5.32 Å². The summed E-state index contributed by atoms with van der Waals surface area (Å²) in [6.07, 6.45) is 1.11. The molecule has 0 amide bonds. The topological polar surface area (TPSA) is 32.3 Å². The summed E-state index contributed by atoms with van der Waals surface area (Å²) in [4.78, 5) is 0. The highest BCUT2D eigenvalue weighted by molar-refractivity contribution is 5.21. The van der Waals surface area contributed by atoms with Crippen molar-refractivity contribution in [2.45, 2.75) is 25.0 Å². The molecule has 82 valence electrons. The zero-order valence-electron chi connectivity index (χ0n) is 8.21. The first-order chi connectivity index (χ1) is 7.18. The second-order valence-corrected chi connectivity index (χ2v) is 3.82. The van der Waals surface area contributed by atoms with Gasteiger partial charge in [0.1, 0.15) is 0 Å². The highest BCUT2D eigenvalue weighted by Crippen LogP contribution is 2.23. The Kier molecular flexibility index (Phi) is 2.98. The van der Waals surface area contributed by atoms with E-state index in [1.165, 1.54) is 6.07 Å². The highest BCUT2D eigenvalue weighted by Gasteiger charge is 2.24. The van der Waals surface area contributed by atoms with Gasteiger partial charge in [-0.25, -0.2) is 8.78 Å². The van der Waals surface area contributed by atoms with E-state index in [0.29, 0.717) is 5.56 Å². The van der Waals surface area contributed by atoms with Gasteiger partial charge in [0.25, 0.3) is 0 Å². The fourth-order valence-electron chi connectivity index (χ4n) is 1.91. The predicted octanol–water partition coefficient (Wildman–Crippen LogP) is 1.75. The molecule has 0 spiro atoms. The summed E-state index contributed by atoms with van der Waals surface area (Å²) in [5, 5.41) is 13.0. The van der Waals surface area contributed by atoms with Gasteiger partial charge < -0.3 is 10.4 Å². The molecule has 0 radical (unpaired) electrons. The van der Waals surface area contributed by atoms with Crippen molar-refractivity contribution >= 4 is 0 Å². The van der Waals surface area contributed by atoms with Crippen molar-refractivity contribution in [1.29, 1.82) is 0 Å². The molecule has 2 unspecified atom stereocenters. The quantitative estimate of drug-likeness (QED) is 0.784. The van der Waals surface area contributed by atoms with Crippen LogP contribution in [0, 0.1) is 11.6 Å². The summed E-state index contributed by atoms with van der Waals surface area (Å²) < 4.78 is 25.6. The minimum atomic E-state index is -0.912. The van der Waals surface area contributed by atoms with Crippen LogP contribution in [0.5, 0.6) is 0 Å². The first-order valence-corrected chi connectivity index (χ1v) is 5.05. The van der Waals surface area contributed by atoms with Gasteiger partial charge in [0, 0.05) is 6.04 Å². The molecule has 1 aliphatic heterocycles. The van der Waals surface area contributed by atoms with E-state index in [9.17, 15) is 13.9 Å². The number of hydrogen-bond donors (Lipinski definition) is 2. The largest absolute Gasteiger partial charge is 0.387 e. The zero-order valence-corrected chi connectivity index (χ0v) is 8.21. The van der Waals surface area contributed by atoms with E-state index in [4.69, 9.17) is 0 Å². The molecule has 0 bridgehead atoms. The maximum atomic E-state index is 12.9. The zero-order chi connectivity index (χ0) is 10.8. The molecule has 2 atom stereocenters. The molecule has 4 heteroatoms. The lowest BCUT2D eigenvalue weighted by molar-refractivity contribution is 0.137. The summed E-state index contributed by atoms with van der Waals surface area (Å²) in [6.45, 7) is 0.866. The number of benzene rings is 1. The van der Waals surface area contributed by atoms with E-state index in [2.05, 4.69) is 5.32 Å². The number of halogens is 2. The Morgan fingerprint density at radius 1 is 1.33 bits per heavy atom. The monoisotopic (exact) mass is 213 g/mol. The summed E-state index contributed by atoms with van der Waals surface area (Å²) >= 11 is 0. The summed E-state index contributed by atoms with van der Waals surface area (Å²) in [6, 6.07) is 3.47. The maximum Gasteiger partial charge on any atom is 0.159 e. The number of nitrogens with one attached hydrogen (secondary N) is 1. The number of aliphatic hydroxyl groups is 1. The van der Waals surface area contributed by atoms with Gasteiger partial charge >= 0.3 is 0 Å². The van der Waals surface area contributed by atoms with E-state index < -0.39 is 17.7 Å². The number of hydrogen-bond acceptors (Lipinski definition) is 2. The third-order valence-corrected chi connectivity index (χ3v) is 2.76. The molecular weight excluding hydrogens is 200 g/mol. The van der Waals surface area contributed by atoms with Crippen LogP contribution in [0.25, 0.3) is 0 Å². The maximum absolute atomic E-state index is 12.9. The highest BCUT2D eigenvalue weighted by atomic mass is 19.2. The molecule has 0 aromatic heterocycles. The summed E-state index contributed by atoms with van der Waals surface area (Å²) in [5.41, 5.74) is 0.424. The van der Waals surface area contributed by atoms with Gasteiger partial charge in [-0.1, -0.05) is 6.07 Å². The smallest absolute Gasteiger partial charge is 0.159 e. The molecule has 1 aromatic rings. The molecule has 1 saturated heterocycles. The molecule has 15 heavy (non-hydrogen) atoms. The molecule has 0 aliphatic carbocycles. The Morgan fingerprint density at radius 3 is 2.73 bits per heavy atom. The number of rotatable bonds is 2. The van der Waals surface area contributed by atoms with Crippen LogP contribution in [0.4, 0.5) is 8.78 Å². The van der Waals surface area contributed by atoms with Crippen LogP contribution in [0.15, 0.2) is 18.2 Å². The lowest BCUT2D eigenvalue weighted by atomic mass is 10.0. The van der Waals surface area contributed by atoms with Crippen LogP contribution in [-0.2, 0) is 0 Å². The molecule has 1 heterocycles. The normalized spacial score (nSPS) is 23.0. The summed E-state index contributed by atoms with van der Waals surface area (Å²) in [7, 11) is 0. The minimum absolute atomic E-state index is 0.0464. The Bertz CT molecular complexity index is 350. The van der Waals surface area contributed by atoms with Crippen LogP contribution in [0.1, 0.15) is 24.5 Å². The Hall–Kier alpha value is -1.00. The lowest BCUT2D eigenvalue weighted by Crippen LogP contribution is -2.28. The van der Waals surface area contributed by atoms with Gasteiger partial charge in [0.05, 0.1) is 6.10 Å². The van der Waals surface area contributed by atoms with Gasteiger partial charge in [-0.05, 0) is 37.1 Å². The van der Waals surface area contributed by atoms with Crippen molar-refractivity contribution in [2.24, 2.45) is 0 Å². The van der Waals surface area contributed by atoms with E-state index in [0.717, 1.165) is 31.5 Å². The van der Waals surface area contributed by atoms with Gasteiger partial charge in [0.15, 0.2) is 11.6 Å². The van der Waals surface area contributed by atoms with Crippen molar-refractivity contribution in [3.8, 4) is 0 Å². The molecule has 0 saturated carbocycles.